The van der Waals surface area contributed by atoms with Gasteiger partial charge in [-0.25, -0.2) is 5.43 Å². The number of carbonyl (C=O) groups excluding carboxylic acids is 1. The van der Waals surface area contributed by atoms with E-state index in [1.807, 2.05) is 0 Å². The first-order valence-electron chi connectivity index (χ1n) is 1.57. The van der Waals surface area contributed by atoms with E-state index in [4.69, 9.17) is 0 Å². The molecule has 0 atom stereocenters. The molecule has 0 amide bonds. The second-order valence-corrected chi connectivity index (χ2v) is 1.79. The van der Waals surface area contributed by atoms with Gasteiger partial charge in [-0.05, 0) is 0 Å². The van der Waals surface area contributed by atoms with Gasteiger partial charge >= 0.3 is 0 Å². The largest absolute Gasteiger partial charge is 0.284 e. The van der Waals surface area contributed by atoms with Crippen LogP contribution in [0.3, 0.4) is 0 Å². The Morgan fingerprint density at radius 3 is 2.83 bits per heavy atom. The van der Waals surface area contributed by atoms with Gasteiger partial charge in [0.05, 0.1) is 6.54 Å². The first-order valence-corrected chi connectivity index (χ1v) is 2.39. The topological polar surface area (TPSA) is 41.1 Å². The van der Waals surface area contributed by atoms with Crippen LogP contribution in [0.15, 0.2) is 0 Å². The molecule has 1 heterocycles. The van der Waals surface area contributed by atoms with Gasteiger partial charge in [-0.1, -0.05) is 0 Å². The molecule has 0 aromatic rings. The Hall–Kier alpha value is -0.0600. The summed E-state index contributed by atoms with van der Waals surface area (Å²) in [6.07, 6.45) is 0. The summed E-state index contributed by atoms with van der Waals surface area (Å²) in [4.78, 5) is 12.7. The maximum atomic E-state index is 10.1. The third-order valence-corrected chi connectivity index (χ3v) is 1.09. The number of rotatable bonds is 0. The molecule has 1 rings (SSSR count). The summed E-state index contributed by atoms with van der Waals surface area (Å²) < 4.78 is 0. The van der Waals surface area contributed by atoms with E-state index < -0.39 is 0 Å². The van der Waals surface area contributed by atoms with Gasteiger partial charge in [0.25, 0.3) is 0 Å². The van der Waals surface area contributed by atoms with Crippen molar-refractivity contribution in [3.63, 3.8) is 0 Å². The zero-order chi connectivity index (χ0) is 4.41. The van der Waals surface area contributed by atoms with E-state index in [2.05, 4.69) is 10.3 Å². The van der Waals surface area contributed by atoms with E-state index in [0.29, 0.717) is 6.54 Å². The fourth-order valence-electron chi connectivity index (χ4n) is 0.237. The predicted octanol–water partition coefficient (Wildman–Crippen LogP) is -0.731. The fourth-order valence-corrected chi connectivity index (χ4v) is 0.640. The first kappa shape index (κ1) is 4.11. The maximum absolute atomic E-state index is 10.1. The predicted molar refractivity (Wildman–Crippen MR) is 23.7 cm³/mol. The number of hydrogen-bond donors (Lipinski definition) is 2. The summed E-state index contributed by atoms with van der Waals surface area (Å²) in [5, 5.41) is 0.148. The van der Waals surface area contributed by atoms with E-state index >= 15 is 0 Å². The van der Waals surface area contributed by atoms with Crippen molar-refractivity contribution in [3.8, 4) is 0 Å². The van der Waals surface area contributed by atoms with Crippen LogP contribution in [0.2, 0.25) is 0 Å². The lowest BCUT2D eigenvalue weighted by molar-refractivity contribution is -0.109. The molecule has 1 aliphatic heterocycles. The third kappa shape index (κ3) is 0.707. The lowest BCUT2D eigenvalue weighted by Crippen LogP contribution is -2.17. The van der Waals surface area contributed by atoms with Crippen LogP contribution in [0.5, 0.6) is 0 Å². The summed E-state index contributed by atoms with van der Waals surface area (Å²) >= 11 is 1.10. The summed E-state index contributed by atoms with van der Waals surface area (Å²) in [7, 11) is 0. The highest BCUT2D eigenvalue weighted by molar-refractivity contribution is 8.12. The minimum atomic E-state index is 0.148. The van der Waals surface area contributed by atoms with Crippen LogP contribution < -0.4 is 10.3 Å². The molecule has 0 radical (unpaired) electrons. The van der Waals surface area contributed by atoms with Crippen LogP contribution in [0.25, 0.3) is 0 Å². The van der Waals surface area contributed by atoms with Crippen LogP contribution in [0.4, 0.5) is 0 Å². The zero-order valence-electron chi connectivity index (χ0n) is 3.02. The molecule has 1 aliphatic rings. The molecule has 1 fully saturated rings. The van der Waals surface area contributed by atoms with Crippen molar-refractivity contribution in [1.82, 2.24) is 10.3 Å². The number of carbonyl (C=O) groups is 1. The van der Waals surface area contributed by atoms with Crippen LogP contribution in [0.1, 0.15) is 0 Å². The molecule has 0 spiro atoms. The molecule has 6 heavy (non-hydrogen) atoms. The van der Waals surface area contributed by atoms with Gasteiger partial charge in [-0.2, -0.15) is 4.83 Å². The van der Waals surface area contributed by atoms with Crippen LogP contribution in [-0.2, 0) is 4.79 Å². The molecule has 3 nitrogen and oxygen atoms in total. The van der Waals surface area contributed by atoms with Crippen LogP contribution >= 0.6 is 11.9 Å². The quantitative estimate of drug-likeness (QED) is 0.397. The minimum absolute atomic E-state index is 0.148. The average Bonchev–Trinajstić information content (AvgIpc) is 1.86. The second-order valence-electron chi connectivity index (χ2n) is 0.930. The molecular formula is C2H4N2OS. The van der Waals surface area contributed by atoms with Gasteiger partial charge in [0.2, 0.25) is 5.12 Å². The molecular weight excluding hydrogens is 100 g/mol. The highest BCUT2D eigenvalue weighted by Crippen LogP contribution is 1.95. The van der Waals surface area contributed by atoms with Gasteiger partial charge in [-0.15, -0.1) is 0 Å². The number of nitrogens with one attached hydrogen (secondary N) is 2. The van der Waals surface area contributed by atoms with E-state index in [9.17, 15) is 4.79 Å². The van der Waals surface area contributed by atoms with Crippen molar-refractivity contribution in [2.45, 2.75) is 0 Å². The van der Waals surface area contributed by atoms with Crippen molar-refractivity contribution in [3.05, 3.63) is 0 Å². The van der Waals surface area contributed by atoms with E-state index in [1.165, 1.54) is 0 Å². The Morgan fingerprint density at radius 2 is 2.67 bits per heavy atom. The Morgan fingerprint density at radius 1 is 1.83 bits per heavy atom. The molecule has 0 aliphatic carbocycles. The van der Waals surface area contributed by atoms with Crippen molar-refractivity contribution in [2.75, 3.05) is 6.54 Å². The third-order valence-electron chi connectivity index (χ3n) is 0.470. The van der Waals surface area contributed by atoms with Crippen molar-refractivity contribution in [1.29, 1.82) is 0 Å². The van der Waals surface area contributed by atoms with E-state index in [1.54, 1.807) is 0 Å². The SMILES string of the molecule is O=C1CNNS1. The summed E-state index contributed by atoms with van der Waals surface area (Å²) in [5.74, 6) is 0. The monoisotopic (exact) mass is 104 g/mol. The molecule has 0 bridgehead atoms. The molecule has 0 unspecified atom stereocenters. The normalized spacial score (nSPS) is 22.3. The highest BCUT2D eigenvalue weighted by atomic mass is 32.2. The Kier molecular flexibility index (Phi) is 1.09. The van der Waals surface area contributed by atoms with E-state index in [-0.39, 0.29) is 5.12 Å². The molecule has 0 saturated carbocycles. The van der Waals surface area contributed by atoms with Crippen molar-refractivity contribution < 1.29 is 4.79 Å². The summed E-state index contributed by atoms with van der Waals surface area (Å²) in [6, 6.07) is 0. The first-order chi connectivity index (χ1) is 2.89. The Bertz CT molecular complexity index is 65.9. The fraction of sp³-hybridized carbons (Fsp3) is 0.500. The van der Waals surface area contributed by atoms with Gasteiger partial charge in [0.15, 0.2) is 0 Å². The smallest absolute Gasteiger partial charge is 0.220 e. The molecule has 4 heteroatoms. The lowest BCUT2D eigenvalue weighted by Gasteiger charge is -1.77. The molecule has 0 aromatic heterocycles. The zero-order valence-corrected chi connectivity index (χ0v) is 3.84. The van der Waals surface area contributed by atoms with Gasteiger partial charge in [-0.3, -0.25) is 4.79 Å². The van der Waals surface area contributed by atoms with Gasteiger partial charge in [0.1, 0.15) is 0 Å². The molecule has 34 valence electrons. The molecule has 1 saturated heterocycles. The van der Waals surface area contributed by atoms with Crippen LogP contribution in [0, 0.1) is 0 Å². The molecule has 2 N–H and O–H groups in total. The number of hydrogen-bond acceptors (Lipinski definition) is 4. The summed E-state index contributed by atoms with van der Waals surface area (Å²) in [5.41, 5.74) is 2.64. The number of hydrazine groups is 1. The maximum Gasteiger partial charge on any atom is 0.220 e. The standard InChI is InChI=1S/C2H4N2OS/c5-2-1-3-4-6-2/h3-4H,1H2. The van der Waals surface area contributed by atoms with Gasteiger partial charge < -0.3 is 0 Å². The van der Waals surface area contributed by atoms with Crippen molar-refractivity contribution >= 4 is 17.1 Å². The highest BCUT2D eigenvalue weighted by Gasteiger charge is 2.06. The van der Waals surface area contributed by atoms with Gasteiger partial charge in [0, 0.05) is 11.9 Å². The van der Waals surface area contributed by atoms with E-state index in [0.717, 1.165) is 11.9 Å². The average molecular weight is 104 g/mol. The second kappa shape index (κ2) is 1.59. The Balaban J connectivity index is 2.37. The molecule has 0 aromatic carbocycles. The lowest BCUT2D eigenvalue weighted by atomic mass is 10.8. The van der Waals surface area contributed by atoms with Crippen LogP contribution in [-0.4, -0.2) is 11.7 Å². The van der Waals surface area contributed by atoms with Crippen molar-refractivity contribution in [2.24, 2.45) is 0 Å². The minimum Gasteiger partial charge on any atom is -0.284 e. The summed E-state index contributed by atoms with van der Waals surface area (Å²) in [6.45, 7) is 0.449. The Labute approximate surface area is 39.6 Å².